The fourth-order valence-corrected chi connectivity index (χ4v) is 6.14. The Morgan fingerprint density at radius 3 is 2.59 bits per heavy atom. The van der Waals surface area contributed by atoms with Gasteiger partial charge in [0.25, 0.3) is 0 Å². The Hall–Kier alpha value is -2.45. The summed E-state index contributed by atoms with van der Waals surface area (Å²) in [4.78, 5) is 42.2. The first-order valence-electron chi connectivity index (χ1n) is 12.6. The van der Waals surface area contributed by atoms with Crippen molar-refractivity contribution >= 4 is 17.7 Å². The van der Waals surface area contributed by atoms with Gasteiger partial charge in [0.1, 0.15) is 11.6 Å². The molecule has 8 heteroatoms. The van der Waals surface area contributed by atoms with Crippen LogP contribution in [0.3, 0.4) is 0 Å². The average molecular weight is 472 g/mol. The van der Waals surface area contributed by atoms with Crippen LogP contribution in [-0.4, -0.2) is 64.7 Å². The maximum Gasteiger partial charge on any atom is 0.245 e. The van der Waals surface area contributed by atoms with E-state index in [4.69, 9.17) is 4.74 Å². The number of carbonyl (C=O) groups is 3. The smallest absolute Gasteiger partial charge is 0.245 e. The van der Waals surface area contributed by atoms with E-state index < -0.39 is 29.1 Å². The Morgan fingerprint density at radius 2 is 1.88 bits per heavy atom. The van der Waals surface area contributed by atoms with Gasteiger partial charge in [-0.05, 0) is 44.6 Å². The van der Waals surface area contributed by atoms with Gasteiger partial charge in [0.05, 0.1) is 17.4 Å². The molecular weight excluding hydrogens is 434 g/mol. The molecule has 4 rings (SSSR count). The van der Waals surface area contributed by atoms with Crippen molar-refractivity contribution in [3.05, 3.63) is 35.9 Å². The van der Waals surface area contributed by atoms with Crippen molar-refractivity contribution in [3.8, 4) is 0 Å². The summed E-state index contributed by atoms with van der Waals surface area (Å²) in [5.41, 5.74) is -0.785. The van der Waals surface area contributed by atoms with E-state index in [9.17, 15) is 19.5 Å². The monoisotopic (exact) mass is 471 g/mol. The molecule has 3 N–H and O–H groups in total. The summed E-state index contributed by atoms with van der Waals surface area (Å²) in [5, 5.41) is 15.2. The minimum absolute atomic E-state index is 0.0308. The lowest BCUT2D eigenvalue weighted by Gasteiger charge is -2.33. The Balaban J connectivity index is 1.59. The van der Waals surface area contributed by atoms with Crippen LogP contribution in [0, 0.1) is 11.8 Å². The van der Waals surface area contributed by atoms with Crippen LogP contribution in [0.5, 0.6) is 0 Å². The highest BCUT2D eigenvalue weighted by atomic mass is 16.5. The second-order valence-electron chi connectivity index (χ2n) is 10.0. The number of aliphatic hydroxyl groups is 1. The fraction of sp³-hybridized carbons (Fsp3) is 0.654. The van der Waals surface area contributed by atoms with Crippen molar-refractivity contribution in [2.24, 2.45) is 11.8 Å². The number of ether oxygens (including phenoxy) is 1. The number of aliphatic hydroxyl groups excluding tert-OH is 1. The van der Waals surface area contributed by atoms with Crippen LogP contribution in [-0.2, 0) is 25.7 Å². The van der Waals surface area contributed by atoms with Gasteiger partial charge in [0.2, 0.25) is 17.7 Å². The van der Waals surface area contributed by atoms with E-state index in [2.05, 4.69) is 17.6 Å². The molecular formula is C26H37N3O5. The summed E-state index contributed by atoms with van der Waals surface area (Å²) in [6.45, 7) is 5.28. The number of unbranched alkanes of at least 4 members (excludes halogenated alkanes) is 2. The van der Waals surface area contributed by atoms with Crippen molar-refractivity contribution in [1.29, 1.82) is 0 Å². The second kappa shape index (κ2) is 10.0. The molecule has 3 amide bonds. The van der Waals surface area contributed by atoms with Gasteiger partial charge in [0.15, 0.2) is 0 Å². The standard InChI is InChI=1S/C26H37N3O5/c1-3-4-14-27-23(32)21-26-13-12-25(2,34-26)19(20(26)24(33)29(21)15-8-9-16-30)22(31)28-17-18-10-6-5-7-11-18/h5-7,10-11,19-21,30H,3-4,8-9,12-17H2,1-2H3,(H,27,32)(H,28,31)/t19-,20-,21?,25+,26?/m0/s1. The predicted molar refractivity (Wildman–Crippen MR) is 126 cm³/mol. The van der Waals surface area contributed by atoms with E-state index in [1.165, 1.54) is 0 Å². The molecule has 0 radical (unpaired) electrons. The van der Waals surface area contributed by atoms with Crippen molar-refractivity contribution in [3.63, 3.8) is 0 Å². The van der Waals surface area contributed by atoms with Crippen LogP contribution < -0.4 is 10.6 Å². The largest absolute Gasteiger partial charge is 0.396 e. The van der Waals surface area contributed by atoms with Crippen molar-refractivity contribution in [1.82, 2.24) is 15.5 Å². The van der Waals surface area contributed by atoms with Crippen LogP contribution in [0.2, 0.25) is 0 Å². The highest BCUT2D eigenvalue weighted by molar-refractivity contribution is 5.99. The van der Waals surface area contributed by atoms with Crippen LogP contribution in [0.25, 0.3) is 0 Å². The van der Waals surface area contributed by atoms with Gasteiger partial charge in [0, 0.05) is 26.2 Å². The Labute approximate surface area is 201 Å². The second-order valence-corrected chi connectivity index (χ2v) is 10.0. The third-order valence-electron chi connectivity index (χ3n) is 7.75. The Kier molecular flexibility index (Phi) is 7.28. The first-order valence-corrected chi connectivity index (χ1v) is 12.6. The molecule has 3 saturated heterocycles. The quantitative estimate of drug-likeness (QED) is 0.426. The summed E-state index contributed by atoms with van der Waals surface area (Å²) in [6.07, 6.45) is 4.15. The van der Waals surface area contributed by atoms with Gasteiger partial charge in [-0.25, -0.2) is 0 Å². The molecule has 186 valence electrons. The number of rotatable bonds is 11. The highest BCUT2D eigenvalue weighted by Gasteiger charge is 2.77. The molecule has 0 aromatic heterocycles. The molecule has 2 unspecified atom stereocenters. The summed E-state index contributed by atoms with van der Waals surface area (Å²) < 4.78 is 6.57. The zero-order valence-corrected chi connectivity index (χ0v) is 20.2. The molecule has 3 aliphatic rings. The molecule has 8 nitrogen and oxygen atoms in total. The molecule has 0 saturated carbocycles. The first-order chi connectivity index (χ1) is 16.4. The molecule has 3 aliphatic heterocycles. The minimum atomic E-state index is -0.990. The van der Waals surface area contributed by atoms with E-state index in [1.54, 1.807) is 4.90 Å². The van der Waals surface area contributed by atoms with Gasteiger partial charge in [-0.1, -0.05) is 43.7 Å². The van der Waals surface area contributed by atoms with Gasteiger partial charge in [-0.2, -0.15) is 0 Å². The minimum Gasteiger partial charge on any atom is -0.396 e. The lowest BCUT2D eigenvalue weighted by Crippen LogP contribution is -2.55. The third-order valence-corrected chi connectivity index (χ3v) is 7.75. The number of hydrogen-bond donors (Lipinski definition) is 3. The molecule has 3 fully saturated rings. The van der Waals surface area contributed by atoms with E-state index >= 15 is 0 Å². The number of nitrogens with one attached hydrogen (secondary N) is 2. The number of fused-ring (bicyclic) bond motifs is 1. The average Bonchev–Trinajstić information content (AvgIpc) is 3.39. The summed E-state index contributed by atoms with van der Waals surface area (Å²) in [7, 11) is 0. The van der Waals surface area contributed by atoms with E-state index in [-0.39, 0.29) is 24.3 Å². The zero-order valence-electron chi connectivity index (χ0n) is 20.2. The van der Waals surface area contributed by atoms with Crippen molar-refractivity contribution in [2.75, 3.05) is 19.7 Å². The lowest BCUT2D eigenvalue weighted by molar-refractivity contribution is -0.146. The topological polar surface area (TPSA) is 108 Å². The third kappa shape index (κ3) is 4.22. The first kappa shape index (κ1) is 24.7. The summed E-state index contributed by atoms with van der Waals surface area (Å²) in [6, 6.07) is 8.90. The van der Waals surface area contributed by atoms with E-state index in [0.717, 1.165) is 18.4 Å². The SMILES string of the molecule is CCCCNC(=O)C1N(CCCCO)C(=O)[C@@H]2[C@@H](C(=O)NCc3ccccc3)[C@@]3(C)CCC12O3. The van der Waals surface area contributed by atoms with Crippen molar-refractivity contribution < 1.29 is 24.2 Å². The lowest BCUT2D eigenvalue weighted by atomic mass is 9.66. The number of benzene rings is 1. The zero-order chi connectivity index (χ0) is 24.3. The number of hydrogen-bond acceptors (Lipinski definition) is 5. The van der Waals surface area contributed by atoms with Crippen LogP contribution in [0.4, 0.5) is 0 Å². The number of amides is 3. The molecule has 3 heterocycles. The van der Waals surface area contributed by atoms with Crippen LogP contribution in [0.15, 0.2) is 30.3 Å². The van der Waals surface area contributed by atoms with E-state index in [0.29, 0.717) is 45.3 Å². The molecule has 1 aromatic carbocycles. The molecule has 1 aromatic rings. The molecule has 2 bridgehead atoms. The Morgan fingerprint density at radius 1 is 1.12 bits per heavy atom. The maximum atomic E-state index is 13.8. The summed E-state index contributed by atoms with van der Waals surface area (Å²) in [5.74, 6) is -1.92. The van der Waals surface area contributed by atoms with Gasteiger partial charge >= 0.3 is 0 Å². The molecule has 34 heavy (non-hydrogen) atoms. The highest BCUT2D eigenvalue weighted by Crippen LogP contribution is 2.63. The molecule has 5 atom stereocenters. The number of carbonyl (C=O) groups excluding carboxylic acids is 3. The number of likely N-dealkylation sites (tertiary alicyclic amines) is 1. The molecule has 1 spiro atoms. The predicted octanol–water partition coefficient (Wildman–Crippen LogP) is 1.76. The van der Waals surface area contributed by atoms with Crippen LogP contribution in [0.1, 0.15) is 57.9 Å². The number of nitrogens with zero attached hydrogens (tertiary/aromatic N) is 1. The maximum absolute atomic E-state index is 13.8. The fourth-order valence-electron chi connectivity index (χ4n) is 6.14. The van der Waals surface area contributed by atoms with E-state index in [1.807, 2.05) is 37.3 Å². The Bertz CT molecular complexity index is 909. The summed E-state index contributed by atoms with van der Waals surface area (Å²) >= 11 is 0. The normalized spacial score (nSPS) is 31.6. The molecule has 0 aliphatic carbocycles. The van der Waals surface area contributed by atoms with Crippen LogP contribution >= 0.6 is 0 Å². The van der Waals surface area contributed by atoms with Gasteiger partial charge in [-0.15, -0.1) is 0 Å². The van der Waals surface area contributed by atoms with Gasteiger partial charge < -0.3 is 25.4 Å². The van der Waals surface area contributed by atoms with Crippen molar-refractivity contribution in [2.45, 2.75) is 76.2 Å². The van der Waals surface area contributed by atoms with Gasteiger partial charge in [-0.3, -0.25) is 14.4 Å².